The van der Waals surface area contributed by atoms with Crippen LogP contribution in [-0.2, 0) is 28.1 Å². The molecule has 9 heteroatoms. The van der Waals surface area contributed by atoms with Crippen molar-refractivity contribution in [2.45, 2.75) is 45.6 Å². The summed E-state index contributed by atoms with van der Waals surface area (Å²) < 4.78 is 39.9. The monoisotopic (exact) mass is 387 g/mol. The number of benzene rings is 1. The summed E-state index contributed by atoms with van der Waals surface area (Å²) in [6, 6.07) is 7.68. The Hall–Kier alpha value is -1.44. The fraction of sp³-hybridized carbons (Fsp3) is 0.588. The van der Waals surface area contributed by atoms with E-state index in [2.05, 4.69) is 5.09 Å². The fourth-order valence-electron chi connectivity index (χ4n) is 2.05. The maximum atomic E-state index is 13.1. The standard InChI is InChI=1S/C17H26NO7P/c1-4-13(2)24-17(19)14(3)18-26(20,23-12-16-21-10-11-22-16)25-15-8-6-5-7-9-15/h5-9,13-14,16H,4,10-12H2,1-3H3,(H,18,20)/t13-,14+,26?/m1/s1. The number of rotatable bonds is 10. The highest BCUT2D eigenvalue weighted by molar-refractivity contribution is 7.52. The molecule has 146 valence electrons. The molecule has 8 nitrogen and oxygen atoms in total. The Kier molecular flexibility index (Phi) is 8.06. The van der Waals surface area contributed by atoms with Gasteiger partial charge in [-0.15, -0.1) is 0 Å². The summed E-state index contributed by atoms with van der Waals surface area (Å²) in [5.74, 6) is -0.188. The zero-order chi connectivity index (χ0) is 19.0. The van der Waals surface area contributed by atoms with Crippen LogP contribution in [0.15, 0.2) is 30.3 Å². The molecule has 0 amide bonds. The first kappa shape index (κ1) is 20.9. The van der Waals surface area contributed by atoms with Crippen molar-refractivity contribution in [1.82, 2.24) is 5.09 Å². The average Bonchev–Trinajstić information content (AvgIpc) is 3.14. The van der Waals surface area contributed by atoms with E-state index < -0.39 is 26.0 Å². The molecule has 1 heterocycles. The van der Waals surface area contributed by atoms with Crippen LogP contribution < -0.4 is 9.61 Å². The Morgan fingerprint density at radius 3 is 2.54 bits per heavy atom. The Bertz CT molecular complexity index is 606. The molecule has 3 atom stereocenters. The maximum Gasteiger partial charge on any atom is 0.459 e. The van der Waals surface area contributed by atoms with Gasteiger partial charge in [-0.1, -0.05) is 25.1 Å². The van der Waals surface area contributed by atoms with E-state index in [1.165, 1.54) is 6.92 Å². The summed E-state index contributed by atoms with van der Waals surface area (Å²) in [6.07, 6.45) is -0.169. The van der Waals surface area contributed by atoms with Gasteiger partial charge in [-0.2, -0.15) is 5.09 Å². The predicted molar refractivity (Wildman–Crippen MR) is 94.8 cm³/mol. The minimum Gasteiger partial charge on any atom is -0.462 e. The number of hydrogen-bond donors (Lipinski definition) is 1. The first-order valence-electron chi connectivity index (χ1n) is 8.62. The SMILES string of the molecule is CC[C@@H](C)OC(=O)[C@H](C)NP(=O)(OCC1OCCO1)Oc1ccccc1. The van der Waals surface area contributed by atoms with E-state index in [-0.39, 0.29) is 12.7 Å². The number of para-hydroxylation sites is 1. The van der Waals surface area contributed by atoms with Crippen molar-refractivity contribution < 1.29 is 32.6 Å². The molecule has 1 aliphatic heterocycles. The molecule has 0 aromatic heterocycles. The van der Waals surface area contributed by atoms with Gasteiger partial charge in [0.25, 0.3) is 0 Å². The van der Waals surface area contributed by atoms with Crippen LogP contribution in [0.3, 0.4) is 0 Å². The zero-order valence-electron chi connectivity index (χ0n) is 15.3. The van der Waals surface area contributed by atoms with E-state index in [0.29, 0.717) is 25.4 Å². The molecule has 0 aliphatic carbocycles. The van der Waals surface area contributed by atoms with Crippen molar-refractivity contribution in [3.05, 3.63) is 30.3 Å². The largest absolute Gasteiger partial charge is 0.462 e. The number of hydrogen-bond acceptors (Lipinski definition) is 7. The molecule has 1 saturated heterocycles. The molecule has 1 N–H and O–H groups in total. The fourth-order valence-corrected chi connectivity index (χ4v) is 3.52. The van der Waals surface area contributed by atoms with E-state index >= 15 is 0 Å². The summed E-state index contributed by atoms with van der Waals surface area (Å²) in [6.45, 7) is 6.04. The molecule has 1 aliphatic rings. The van der Waals surface area contributed by atoms with Gasteiger partial charge in [-0.05, 0) is 32.4 Å². The second kappa shape index (κ2) is 10.0. The van der Waals surface area contributed by atoms with Crippen LogP contribution in [0.2, 0.25) is 0 Å². The Morgan fingerprint density at radius 1 is 1.27 bits per heavy atom. The van der Waals surface area contributed by atoms with Crippen molar-refractivity contribution >= 4 is 13.7 Å². The van der Waals surface area contributed by atoms with E-state index in [1.807, 2.05) is 6.92 Å². The molecular weight excluding hydrogens is 361 g/mol. The first-order chi connectivity index (χ1) is 12.4. The van der Waals surface area contributed by atoms with Gasteiger partial charge in [-0.3, -0.25) is 9.32 Å². The maximum absolute atomic E-state index is 13.1. The predicted octanol–water partition coefficient (Wildman–Crippen LogP) is 2.88. The van der Waals surface area contributed by atoms with Crippen LogP contribution in [0.4, 0.5) is 0 Å². The summed E-state index contributed by atoms with van der Waals surface area (Å²) in [7, 11) is -3.87. The van der Waals surface area contributed by atoms with E-state index in [9.17, 15) is 9.36 Å². The van der Waals surface area contributed by atoms with Gasteiger partial charge in [0.15, 0.2) is 6.29 Å². The molecule has 1 aromatic rings. The highest BCUT2D eigenvalue weighted by Gasteiger charge is 2.34. The summed E-state index contributed by atoms with van der Waals surface area (Å²) in [5, 5.41) is 2.62. The van der Waals surface area contributed by atoms with Crippen LogP contribution in [0.5, 0.6) is 5.75 Å². The van der Waals surface area contributed by atoms with Crippen molar-refractivity contribution in [3.8, 4) is 5.75 Å². The zero-order valence-corrected chi connectivity index (χ0v) is 16.1. The molecule has 0 radical (unpaired) electrons. The van der Waals surface area contributed by atoms with Gasteiger partial charge in [0, 0.05) is 0 Å². The third-order valence-electron chi connectivity index (χ3n) is 3.64. The van der Waals surface area contributed by atoms with Gasteiger partial charge >= 0.3 is 13.7 Å². The Balaban J connectivity index is 2.03. The first-order valence-corrected chi connectivity index (χ1v) is 10.2. The molecule has 1 unspecified atom stereocenters. The smallest absolute Gasteiger partial charge is 0.459 e. The van der Waals surface area contributed by atoms with Gasteiger partial charge in [-0.25, -0.2) is 4.57 Å². The van der Waals surface area contributed by atoms with Crippen molar-refractivity contribution in [2.24, 2.45) is 0 Å². The summed E-state index contributed by atoms with van der Waals surface area (Å²) >= 11 is 0. The van der Waals surface area contributed by atoms with E-state index in [0.717, 1.165) is 0 Å². The third-order valence-corrected chi connectivity index (χ3v) is 5.28. The molecule has 2 rings (SSSR count). The highest BCUT2D eigenvalue weighted by atomic mass is 31.2. The van der Waals surface area contributed by atoms with E-state index in [1.54, 1.807) is 37.3 Å². The number of carbonyl (C=O) groups is 1. The van der Waals surface area contributed by atoms with Crippen molar-refractivity contribution in [3.63, 3.8) is 0 Å². The minimum atomic E-state index is -3.87. The molecule has 0 spiro atoms. The van der Waals surface area contributed by atoms with Crippen molar-refractivity contribution in [1.29, 1.82) is 0 Å². The second-order valence-electron chi connectivity index (χ2n) is 5.88. The molecule has 26 heavy (non-hydrogen) atoms. The average molecular weight is 387 g/mol. The van der Waals surface area contributed by atoms with Crippen LogP contribution >= 0.6 is 7.75 Å². The number of ether oxygens (including phenoxy) is 3. The van der Waals surface area contributed by atoms with Crippen LogP contribution in [-0.4, -0.2) is 44.2 Å². The minimum absolute atomic E-state index is 0.0930. The highest BCUT2D eigenvalue weighted by Crippen LogP contribution is 2.45. The molecule has 0 saturated carbocycles. The molecule has 1 fully saturated rings. The van der Waals surface area contributed by atoms with E-state index in [4.69, 9.17) is 23.3 Å². The van der Waals surface area contributed by atoms with Crippen molar-refractivity contribution in [2.75, 3.05) is 19.8 Å². The Labute approximate surface area is 153 Å². The molecule has 1 aromatic carbocycles. The van der Waals surface area contributed by atoms with Crippen LogP contribution in [0, 0.1) is 0 Å². The normalized spacial score (nSPS) is 19.5. The Morgan fingerprint density at radius 2 is 1.92 bits per heavy atom. The second-order valence-corrected chi connectivity index (χ2v) is 7.57. The van der Waals surface area contributed by atoms with Gasteiger partial charge in [0.05, 0.1) is 19.3 Å². The lowest BCUT2D eigenvalue weighted by molar-refractivity contribution is -0.150. The lowest BCUT2D eigenvalue weighted by Gasteiger charge is -2.24. The number of esters is 1. The lowest BCUT2D eigenvalue weighted by atomic mass is 10.3. The van der Waals surface area contributed by atoms with Gasteiger partial charge in [0.2, 0.25) is 0 Å². The van der Waals surface area contributed by atoms with Gasteiger partial charge in [0.1, 0.15) is 18.4 Å². The van der Waals surface area contributed by atoms with Crippen LogP contribution in [0.25, 0.3) is 0 Å². The molecular formula is C17H26NO7P. The lowest BCUT2D eigenvalue weighted by Crippen LogP contribution is -2.37. The number of carbonyl (C=O) groups excluding carboxylic acids is 1. The van der Waals surface area contributed by atoms with Gasteiger partial charge < -0.3 is 18.7 Å². The quantitative estimate of drug-likeness (QED) is 0.484. The van der Waals surface area contributed by atoms with Crippen LogP contribution in [0.1, 0.15) is 27.2 Å². The number of nitrogens with one attached hydrogen (secondary N) is 1. The summed E-state index contributed by atoms with van der Waals surface area (Å²) in [4.78, 5) is 12.1. The molecule has 0 bridgehead atoms. The summed E-state index contributed by atoms with van der Waals surface area (Å²) in [5.41, 5.74) is 0. The topological polar surface area (TPSA) is 92.3 Å². The third kappa shape index (κ3) is 6.70.